The van der Waals surface area contributed by atoms with E-state index < -0.39 is 16.1 Å². The van der Waals surface area contributed by atoms with Crippen molar-refractivity contribution in [1.29, 1.82) is 0 Å². The number of carbonyl (C=O) groups is 2. The van der Waals surface area contributed by atoms with E-state index in [9.17, 15) is 18.0 Å². The second kappa shape index (κ2) is 12.4. The highest BCUT2D eigenvalue weighted by molar-refractivity contribution is 7.98. The van der Waals surface area contributed by atoms with Crippen molar-refractivity contribution in [3.63, 3.8) is 0 Å². The van der Waals surface area contributed by atoms with Crippen LogP contribution in [-0.2, 0) is 19.6 Å². The van der Waals surface area contributed by atoms with Crippen LogP contribution in [0.4, 0.5) is 5.69 Å². The van der Waals surface area contributed by atoms with Gasteiger partial charge in [-0.2, -0.15) is 16.1 Å². The molecule has 0 saturated carbocycles. The summed E-state index contributed by atoms with van der Waals surface area (Å²) in [4.78, 5) is 26.2. The van der Waals surface area contributed by atoms with Gasteiger partial charge in [0.2, 0.25) is 21.8 Å². The highest BCUT2D eigenvalue weighted by Crippen LogP contribution is 2.24. The first-order chi connectivity index (χ1) is 16.7. The number of thioether (sulfide) groups is 1. The summed E-state index contributed by atoms with van der Waals surface area (Å²) in [7, 11) is -2.02. The molecule has 2 aromatic rings. The zero-order valence-corrected chi connectivity index (χ0v) is 22.0. The molecule has 1 saturated heterocycles. The van der Waals surface area contributed by atoms with Gasteiger partial charge in [-0.05, 0) is 74.6 Å². The molecule has 2 aromatic carbocycles. The van der Waals surface area contributed by atoms with E-state index in [1.54, 1.807) is 67.4 Å². The maximum absolute atomic E-state index is 13.0. The van der Waals surface area contributed by atoms with E-state index in [4.69, 9.17) is 4.74 Å². The zero-order chi connectivity index (χ0) is 25.4. The number of rotatable bonds is 10. The van der Waals surface area contributed by atoms with Crippen LogP contribution in [0.1, 0.15) is 24.8 Å². The third kappa shape index (κ3) is 7.22. The summed E-state index contributed by atoms with van der Waals surface area (Å²) in [6.07, 6.45) is 3.26. The van der Waals surface area contributed by atoms with Gasteiger partial charge >= 0.3 is 0 Å². The molecule has 2 N–H and O–H groups in total. The summed E-state index contributed by atoms with van der Waals surface area (Å²) in [5.74, 6) is 0.565. The van der Waals surface area contributed by atoms with Gasteiger partial charge < -0.3 is 15.4 Å². The summed E-state index contributed by atoms with van der Waals surface area (Å²) in [6, 6.07) is 13.1. The standard InChI is InChI=1S/C25H33N3O5S2/c1-18-4-10-22(11-5-18)35(31,32)28-15-12-19(13-16-28)24(29)27-23(14-17-34-3)25(30)26-20-6-8-21(33-2)9-7-20/h4-11,19,23H,12-17H2,1-3H3,(H,26,30)(H,27,29). The molecular weight excluding hydrogens is 486 g/mol. The van der Waals surface area contributed by atoms with Crippen LogP contribution >= 0.6 is 11.8 Å². The Hall–Kier alpha value is -2.56. The van der Waals surface area contributed by atoms with Crippen LogP contribution in [0.25, 0.3) is 0 Å². The van der Waals surface area contributed by atoms with Crippen molar-refractivity contribution in [2.45, 2.75) is 37.1 Å². The maximum Gasteiger partial charge on any atom is 0.246 e. The first-order valence-corrected chi connectivity index (χ1v) is 14.4. The van der Waals surface area contributed by atoms with Gasteiger partial charge in [-0.1, -0.05) is 17.7 Å². The molecule has 0 spiro atoms. The number of hydrogen-bond acceptors (Lipinski definition) is 6. The SMILES string of the molecule is COc1ccc(NC(=O)C(CCSC)NC(=O)C2CCN(S(=O)(=O)c3ccc(C)cc3)CC2)cc1. The Bertz CT molecular complexity index is 1100. The van der Waals surface area contributed by atoms with Crippen LogP contribution in [0, 0.1) is 12.8 Å². The molecule has 3 rings (SSSR count). The van der Waals surface area contributed by atoms with Crippen molar-refractivity contribution in [3.8, 4) is 5.75 Å². The summed E-state index contributed by atoms with van der Waals surface area (Å²) in [5, 5.41) is 5.75. The van der Waals surface area contributed by atoms with Gasteiger partial charge in [0.1, 0.15) is 11.8 Å². The van der Waals surface area contributed by atoms with E-state index in [-0.39, 0.29) is 35.7 Å². The van der Waals surface area contributed by atoms with Crippen molar-refractivity contribution in [2.75, 3.05) is 37.5 Å². The lowest BCUT2D eigenvalue weighted by Crippen LogP contribution is -2.49. The first kappa shape index (κ1) is 27.0. The molecule has 0 aromatic heterocycles. The van der Waals surface area contributed by atoms with Crippen LogP contribution in [0.5, 0.6) is 5.75 Å². The lowest BCUT2D eigenvalue weighted by Gasteiger charge is -2.31. The molecule has 1 aliphatic heterocycles. The predicted octanol–water partition coefficient (Wildman–Crippen LogP) is 3.28. The number of aryl methyl sites for hydroxylation is 1. The highest BCUT2D eigenvalue weighted by Gasteiger charge is 2.33. The molecule has 1 fully saturated rings. The summed E-state index contributed by atoms with van der Waals surface area (Å²) in [6.45, 7) is 2.44. The molecule has 0 bridgehead atoms. The number of anilines is 1. The Morgan fingerprint density at radius 1 is 1.09 bits per heavy atom. The Kier molecular flexibility index (Phi) is 9.59. The number of hydrogen-bond donors (Lipinski definition) is 2. The van der Waals surface area contributed by atoms with Crippen LogP contribution < -0.4 is 15.4 Å². The molecule has 35 heavy (non-hydrogen) atoms. The number of nitrogens with zero attached hydrogens (tertiary/aromatic N) is 1. The Labute approximate surface area is 211 Å². The minimum Gasteiger partial charge on any atom is -0.497 e. The van der Waals surface area contributed by atoms with Crippen molar-refractivity contribution >= 4 is 39.3 Å². The fourth-order valence-corrected chi connectivity index (χ4v) is 5.86. The van der Waals surface area contributed by atoms with Gasteiger partial charge in [0, 0.05) is 24.7 Å². The number of methoxy groups -OCH3 is 1. The molecule has 1 aliphatic rings. The first-order valence-electron chi connectivity index (χ1n) is 11.6. The minimum atomic E-state index is -3.59. The van der Waals surface area contributed by atoms with E-state index in [0.717, 1.165) is 5.56 Å². The quantitative estimate of drug-likeness (QED) is 0.499. The van der Waals surface area contributed by atoms with Crippen molar-refractivity contribution in [2.24, 2.45) is 5.92 Å². The second-order valence-corrected chi connectivity index (χ2v) is 11.5. The molecule has 0 aliphatic carbocycles. The van der Waals surface area contributed by atoms with Gasteiger partial charge in [0.25, 0.3) is 0 Å². The number of ether oxygens (including phenoxy) is 1. The van der Waals surface area contributed by atoms with Crippen LogP contribution in [0.2, 0.25) is 0 Å². The molecule has 1 heterocycles. The highest BCUT2D eigenvalue weighted by atomic mass is 32.2. The fraction of sp³-hybridized carbons (Fsp3) is 0.440. The largest absolute Gasteiger partial charge is 0.497 e. The summed E-state index contributed by atoms with van der Waals surface area (Å²) < 4.78 is 32.4. The average Bonchev–Trinajstić information content (AvgIpc) is 2.87. The number of nitrogens with one attached hydrogen (secondary N) is 2. The van der Waals surface area contributed by atoms with Crippen molar-refractivity contribution in [1.82, 2.24) is 9.62 Å². The lowest BCUT2D eigenvalue weighted by molar-refractivity contribution is -0.130. The predicted molar refractivity (Wildman–Crippen MR) is 139 cm³/mol. The van der Waals surface area contributed by atoms with Gasteiger partial charge in [-0.3, -0.25) is 9.59 Å². The molecule has 190 valence electrons. The normalized spacial score (nSPS) is 15.9. The van der Waals surface area contributed by atoms with E-state index in [1.165, 1.54) is 4.31 Å². The topological polar surface area (TPSA) is 105 Å². The molecule has 8 nitrogen and oxygen atoms in total. The number of sulfonamides is 1. The number of amides is 2. The molecule has 2 amide bonds. The molecule has 1 atom stereocenters. The second-order valence-electron chi connectivity index (χ2n) is 8.55. The monoisotopic (exact) mass is 519 g/mol. The van der Waals surface area contributed by atoms with Crippen LogP contribution in [0.3, 0.4) is 0 Å². The van der Waals surface area contributed by atoms with Gasteiger partial charge in [0.15, 0.2) is 0 Å². The van der Waals surface area contributed by atoms with Gasteiger partial charge in [-0.15, -0.1) is 0 Å². The third-order valence-electron chi connectivity index (χ3n) is 6.08. The van der Waals surface area contributed by atoms with E-state index >= 15 is 0 Å². The third-order valence-corrected chi connectivity index (χ3v) is 8.64. The summed E-state index contributed by atoms with van der Waals surface area (Å²) in [5.41, 5.74) is 1.61. The molecule has 1 unspecified atom stereocenters. The van der Waals surface area contributed by atoms with Crippen LogP contribution in [0.15, 0.2) is 53.4 Å². The van der Waals surface area contributed by atoms with E-state index in [2.05, 4.69) is 10.6 Å². The van der Waals surface area contributed by atoms with E-state index in [1.807, 2.05) is 13.2 Å². The lowest BCUT2D eigenvalue weighted by atomic mass is 9.96. The smallest absolute Gasteiger partial charge is 0.246 e. The molecular formula is C25H33N3O5S2. The zero-order valence-electron chi connectivity index (χ0n) is 20.3. The Morgan fingerprint density at radius 2 is 1.71 bits per heavy atom. The molecule has 10 heteroatoms. The number of piperidine rings is 1. The van der Waals surface area contributed by atoms with Crippen LogP contribution in [-0.4, -0.2) is 62.8 Å². The van der Waals surface area contributed by atoms with Crippen molar-refractivity contribution < 1.29 is 22.7 Å². The van der Waals surface area contributed by atoms with E-state index in [0.29, 0.717) is 36.5 Å². The number of benzene rings is 2. The summed E-state index contributed by atoms with van der Waals surface area (Å²) >= 11 is 1.60. The average molecular weight is 520 g/mol. The van der Waals surface area contributed by atoms with Gasteiger partial charge in [0.05, 0.1) is 12.0 Å². The Morgan fingerprint density at radius 3 is 2.29 bits per heavy atom. The van der Waals surface area contributed by atoms with Gasteiger partial charge in [-0.25, -0.2) is 8.42 Å². The van der Waals surface area contributed by atoms with Crippen molar-refractivity contribution in [3.05, 3.63) is 54.1 Å². The number of carbonyl (C=O) groups excluding carboxylic acids is 2. The minimum absolute atomic E-state index is 0.214. The maximum atomic E-state index is 13.0. The Balaban J connectivity index is 1.58. The fourth-order valence-electron chi connectivity index (χ4n) is 3.92. The molecule has 0 radical (unpaired) electrons.